The van der Waals surface area contributed by atoms with E-state index in [2.05, 4.69) is 0 Å². The molecule has 0 aliphatic heterocycles. The fourth-order valence-corrected chi connectivity index (χ4v) is 3.74. The third-order valence-corrected chi connectivity index (χ3v) is 4.74. The maximum Gasteiger partial charge on any atom is 0.374 e. The molecule has 0 atom stereocenters. The van der Waals surface area contributed by atoms with Crippen LogP contribution in [0.2, 0.25) is 0 Å². The number of ether oxygens (including phenoxy) is 1. The zero-order valence-electron chi connectivity index (χ0n) is 14.9. The number of esters is 1. The van der Waals surface area contributed by atoms with Gasteiger partial charge in [0.1, 0.15) is 11.0 Å². The number of aryl methyl sites for hydroxylation is 1. The third kappa shape index (κ3) is 2.98. The zero-order valence-corrected chi connectivity index (χ0v) is 14.9. The summed E-state index contributed by atoms with van der Waals surface area (Å²) in [5, 5.41) is 11.7. The topological polar surface area (TPSA) is 99.7 Å². The van der Waals surface area contributed by atoms with E-state index in [1.165, 1.54) is 0 Å². The molecule has 7 nitrogen and oxygen atoms in total. The second-order valence-electron chi connectivity index (χ2n) is 6.40. The zero-order chi connectivity index (χ0) is 18.8. The van der Waals surface area contributed by atoms with E-state index in [4.69, 9.17) is 9.15 Å². The molecule has 0 saturated carbocycles. The number of carbonyl (C=O) groups excluding carboxylic acids is 1. The molecule has 0 spiro atoms. The van der Waals surface area contributed by atoms with E-state index in [9.17, 15) is 19.7 Å². The molecule has 1 heterocycles. The summed E-state index contributed by atoms with van der Waals surface area (Å²) in [6.45, 7) is 3.79. The Labute approximate surface area is 150 Å². The summed E-state index contributed by atoms with van der Waals surface area (Å²) >= 11 is 0. The van der Waals surface area contributed by atoms with Crippen LogP contribution < -0.4 is 5.43 Å². The Balaban J connectivity index is 2.43. The van der Waals surface area contributed by atoms with Gasteiger partial charge in [0.25, 0.3) is 5.69 Å². The van der Waals surface area contributed by atoms with Crippen LogP contribution in [-0.4, -0.2) is 17.5 Å². The minimum atomic E-state index is -0.741. The molecule has 0 fully saturated rings. The number of fused-ring (bicyclic) bond motifs is 2. The number of nitrogens with zero attached hydrogens (tertiary/aromatic N) is 1. The van der Waals surface area contributed by atoms with Crippen LogP contribution in [0.5, 0.6) is 0 Å². The van der Waals surface area contributed by atoms with Crippen molar-refractivity contribution in [3.8, 4) is 0 Å². The van der Waals surface area contributed by atoms with Gasteiger partial charge in [0.05, 0.1) is 11.5 Å². The number of benzene rings is 1. The molecule has 2 aromatic rings. The Bertz CT molecular complexity index is 943. The second kappa shape index (κ2) is 7.27. The number of carbonyl (C=O) groups is 1. The van der Waals surface area contributed by atoms with Crippen LogP contribution in [0.4, 0.5) is 5.69 Å². The van der Waals surface area contributed by atoms with E-state index in [0.29, 0.717) is 18.4 Å². The number of rotatable bonds is 5. The molecular weight excluding hydrogens is 338 g/mol. The van der Waals surface area contributed by atoms with E-state index in [1.807, 2.05) is 6.92 Å². The lowest BCUT2D eigenvalue weighted by atomic mass is 9.84. The molecule has 0 bridgehead atoms. The number of nitro benzene ring substituents is 1. The molecule has 3 rings (SSSR count). The van der Waals surface area contributed by atoms with Crippen LogP contribution >= 0.6 is 0 Å². The highest BCUT2D eigenvalue weighted by molar-refractivity contribution is 5.95. The van der Waals surface area contributed by atoms with Crippen molar-refractivity contribution < 1.29 is 18.9 Å². The average Bonchev–Trinajstić information content (AvgIpc) is 2.62. The highest BCUT2D eigenvalue weighted by Gasteiger charge is 2.31. The Hall–Kier alpha value is -2.70. The number of nitro groups is 1. The molecule has 0 amide bonds. The highest BCUT2D eigenvalue weighted by Crippen LogP contribution is 2.39. The first-order chi connectivity index (χ1) is 12.5. The standard InChI is InChI=1S/C19H21NO6/c1-3-7-13-11-8-5-6-9-12(11)17(20(23)24)16-14(21)10-15(26-18(13)16)19(22)25-4-2/h10H,3-9H2,1-2H3. The Morgan fingerprint density at radius 2 is 1.96 bits per heavy atom. The number of hydrogen-bond donors (Lipinski definition) is 0. The normalized spacial score (nSPS) is 13.5. The van der Waals surface area contributed by atoms with Gasteiger partial charge >= 0.3 is 5.97 Å². The fourth-order valence-electron chi connectivity index (χ4n) is 3.74. The number of hydrogen-bond acceptors (Lipinski definition) is 6. The monoisotopic (exact) mass is 359 g/mol. The minimum Gasteiger partial charge on any atom is -0.460 e. The van der Waals surface area contributed by atoms with E-state index >= 15 is 0 Å². The molecule has 138 valence electrons. The smallest absolute Gasteiger partial charge is 0.374 e. The van der Waals surface area contributed by atoms with Crippen LogP contribution in [0.15, 0.2) is 15.3 Å². The quantitative estimate of drug-likeness (QED) is 0.458. The summed E-state index contributed by atoms with van der Waals surface area (Å²) in [4.78, 5) is 36.0. The van der Waals surface area contributed by atoms with Crippen molar-refractivity contribution in [2.75, 3.05) is 6.61 Å². The first-order valence-electron chi connectivity index (χ1n) is 8.95. The van der Waals surface area contributed by atoms with Crippen molar-refractivity contribution in [2.45, 2.75) is 52.4 Å². The van der Waals surface area contributed by atoms with Crippen LogP contribution in [-0.2, 0) is 24.0 Å². The van der Waals surface area contributed by atoms with Crippen molar-refractivity contribution in [2.24, 2.45) is 0 Å². The Morgan fingerprint density at radius 1 is 1.27 bits per heavy atom. The lowest BCUT2D eigenvalue weighted by Crippen LogP contribution is -2.16. The van der Waals surface area contributed by atoms with Crippen molar-refractivity contribution in [3.05, 3.63) is 48.9 Å². The van der Waals surface area contributed by atoms with Crippen molar-refractivity contribution in [3.63, 3.8) is 0 Å². The molecule has 1 aliphatic carbocycles. The highest BCUT2D eigenvalue weighted by atomic mass is 16.6. The lowest BCUT2D eigenvalue weighted by molar-refractivity contribution is -0.383. The molecule has 1 aliphatic rings. The van der Waals surface area contributed by atoms with Gasteiger partial charge in [-0.1, -0.05) is 13.3 Å². The van der Waals surface area contributed by atoms with Crippen molar-refractivity contribution in [1.82, 2.24) is 0 Å². The van der Waals surface area contributed by atoms with Gasteiger partial charge < -0.3 is 9.15 Å². The molecule has 1 aromatic heterocycles. The molecule has 26 heavy (non-hydrogen) atoms. The van der Waals surface area contributed by atoms with Crippen LogP contribution in [0.3, 0.4) is 0 Å². The van der Waals surface area contributed by atoms with E-state index < -0.39 is 16.3 Å². The van der Waals surface area contributed by atoms with Gasteiger partial charge in [-0.25, -0.2) is 4.79 Å². The second-order valence-corrected chi connectivity index (χ2v) is 6.40. The fraction of sp³-hybridized carbons (Fsp3) is 0.474. The lowest BCUT2D eigenvalue weighted by Gasteiger charge is -2.21. The maximum absolute atomic E-state index is 12.7. The first kappa shape index (κ1) is 18.1. The summed E-state index contributed by atoms with van der Waals surface area (Å²) in [7, 11) is 0. The summed E-state index contributed by atoms with van der Waals surface area (Å²) < 4.78 is 10.6. The predicted octanol–water partition coefficient (Wildman–Crippen LogP) is 3.71. The van der Waals surface area contributed by atoms with E-state index in [0.717, 1.165) is 42.9 Å². The SMILES string of the molecule is CCCc1c2c(c([N+](=O)[O-])c3c(=O)cc(C(=O)OCC)oc13)CCCC2. The summed E-state index contributed by atoms with van der Waals surface area (Å²) in [6.07, 6.45) is 4.52. The molecule has 0 N–H and O–H groups in total. The minimum absolute atomic E-state index is 0.0350. The van der Waals surface area contributed by atoms with Gasteiger partial charge in [-0.2, -0.15) is 0 Å². The van der Waals surface area contributed by atoms with Crippen LogP contribution in [0.1, 0.15) is 60.4 Å². The third-order valence-electron chi connectivity index (χ3n) is 4.74. The molecule has 7 heteroatoms. The van der Waals surface area contributed by atoms with Gasteiger partial charge in [0, 0.05) is 11.6 Å². The Kier molecular flexibility index (Phi) is 5.06. The van der Waals surface area contributed by atoms with Gasteiger partial charge in [-0.3, -0.25) is 14.9 Å². The average molecular weight is 359 g/mol. The molecule has 0 unspecified atom stereocenters. The van der Waals surface area contributed by atoms with Crippen LogP contribution in [0, 0.1) is 10.1 Å². The van der Waals surface area contributed by atoms with E-state index in [-0.39, 0.29) is 29.0 Å². The van der Waals surface area contributed by atoms with Crippen molar-refractivity contribution >= 4 is 22.6 Å². The van der Waals surface area contributed by atoms with Gasteiger partial charge in [-0.15, -0.1) is 0 Å². The summed E-state index contributed by atoms with van der Waals surface area (Å²) in [5.74, 6) is -0.957. The molecular formula is C19H21NO6. The molecule has 1 aromatic carbocycles. The van der Waals surface area contributed by atoms with Gasteiger partial charge in [0.2, 0.25) is 11.2 Å². The first-order valence-corrected chi connectivity index (χ1v) is 8.95. The maximum atomic E-state index is 12.7. The van der Waals surface area contributed by atoms with Gasteiger partial charge in [-0.05, 0) is 50.2 Å². The molecule has 0 radical (unpaired) electrons. The van der Waals surface area contributed by atoms with Crippen LogP contribution in [0.25, 0.3) is 11.0 Å². The van der Waals surface area contributed by atoms with Crippen molar-refractivity contribution in [1.29, 1.82) is 0 Å². The summed E-state index contributed by atoms with van der Waals surface area (Å²) in [5.41, 5.74) is 1.78. The molecule has 0 saturated heterocycles. The largest absolute Gasteiger partial charge is 0.460 e. The van der Waals surface area contributed by atoms with Gasteiger partial charge in [0.15, 0.2) is 0 Å². The summed E-state index contributed by atoms with van der Waals surface area (Å²) in [6, 6.07) is 0.998. The predicted molar refractivity (Wildman–Crippen MR) is 95.7 cm³/mol. The van der Waals surface area contributed by atoms with E-state index in [1.54, 1.807) is 6.92 Å². The Morgan fingerprint density at radius 3 is 2.58 bits per heavy atom.